The fraction of sp³-hybridized carbons (Fsp3) is 0.514. The summed E-state index contributed by atoms with van der Waals surface area (Å²) in [5.74, 6) is -3.39. The Balaban J connectivity index is 1.42. The highest BCUT2D eigenvalue weighted by Gasteiger charge is 2.47. The Kier molecular flexibility index (Phi) is 16.3. The maximum atomic E-state index is 13.6. The third kappa shape index (κ3) is 13.9. The molecule has 3 rings (SSSR count). The predicted octanol–water partition coefficient (Wildman–Crippen LogP) is 1.32. The van der Waals surface area contributed by atoms with Gasteiger partial charge in [0.2, 0.25) is 29.5 Å². The lowest BCUT2D eigenvalue weighted by Gasteiger charge is -2.39. The van der Waals surface area contributed by atoms with Crippen molar-refractivity contribution in [2.24, 2.45) is 17.4 Å². The zero-order chi connectivity index (χ0) is 37.4. The quantitative estimate of drug-likeness (QED) is 0.113. The molecule has 5 amide bonds. The molecule has 1 fully saturated rings. The molecular weight excluding hydrogens is 669 g/mol. The highest BCUT2D eigenvalue weighted by Crippen LogP contribution is 2.34. The van der Waals surface area contributed by atoms with E-state index in [1.165, 1.54) is 4.90 Å². The highest BCUT2D eigenvalue weighted by molar-refractivity contribution is 5.97. The average Bonchev–Trinajstić information content (AvgIpc) is 3.11. The Labute approximate surface area is 295 Å². The molecule has 4 atom stereocenters. The molecule has 0 spiro atoms. The van der Waals surface area contributed by atoms with Gasteiger partial charge < -0.3 is 38.1 Å². The molecule has 1 heterocycles. The Bertz CT molecular complexity index is 1450. The fourth-order valence-electron chi connectivity index (χ4n) is 5.85. The number of hydrogen-bond acceptors (Lipinski definition) is 8. The first-order valence-electron chi connectivity index (χ1n) is 17.1. The number of amides is 5. The van der Waals surface area contributed by atoms with Crippen molar-refractivity contribution in [2.45, 2.75) is 75.8 Å². The molecule has 0 radical (unpaired) electrons. The number of nitrogens with two attached hydrogens (primary N) is 2. The number of piperidine rings is 1. The number of carbonyl (C=O) groups is 5. The molecule has 51 heavy (non-hydrogen) atoms. The largest absolute Gasteiger partial charge is 0.404 e. The summed E-state index contributed by atoms with van der Waals surface area (Å²) < 4.78 is 40.7. The van der Waals surface area contributed by atoms with Gasteiger partial charge in [-0.2, -0.15) is 13.2 Å². The number of benzene rings is 2. The van der Waals surface area contributed by atoms with E-state index in [1.54, 1.807) is 31.3 Å². The van der Waals surface area contributed by atoms with E-state index in [9.17, 15) is 37.1 Å². The molecule has 0 aromatic heterocycles. The van der Waals surface area contributed by atoms with Crippen molar-refractivity contribution in [3.05, 3.63) is 65.7 Å². The zero-order valence-corrected chi connectivity index (χ0v) is 28.8. The smallest absolute Gasteiger partial charge is 0.369 e. The first-order valence-corrected chi connectivity index (χ1v) is 17.1. The van der Waals surface area contributed by atoms with E-state index in [4.69, 9.17) is 11.5 Å². The summed E-state index contributed by atoms with van der Waals surface area (Å²) in [7, 11) is 1.73. The van der Waals surface area contributed by atoms with Crippen molar-refractivity contribution in [3.63, 3.8) is 0 Å². The zero-order valence-electron chi connectivity index (χ0n) is 28.8. The Morgan fingerprint density at radius 2 is 1.61 bits per heavy atom. The second kappa shape index (κ2) is 20.3. The normalized spacial score (nSPS) is 17.5. The van der Waals surface area contributed by atoms with Gasteiger partial charge in [0, 0.05) is 24.6 Å². The summed E-state index contributed by atoms with van der Waals surface area (Å²) in [6.07, 6.45) is -3.52. The maximum absolute atomic E-state index is 13.6. The van der Waals surface area contributed by atoms with Crippen LogP contribution in [0.3, 0.4) is 0 Å². The molecule has 280 valence electrons. The van der Waals surface area contributed by atoms with E-state index < -0.39 is 66.8 Å². The number of rotatable bonds is 19. The van der Waals surface area contributed by atoms with Gasteiger partial charge in [-0.1, -0.05) is 42.5 Å². The van der Waals surface area contributed by atoms with Gasteiger partial charge in [0.15, 0.2) is 0 Å². The molecule has 0 bridgehead atoms. The van der Waals surface area contributed by atoms with Gasteiger partial charge in [0.1, 0.15) is 12.1 Å². The van der Waals surface area contributed by atoms with Gasteiger partial charge in [-0.25, -0.2) is 0 Å². The lowest BCUT2D eigenvalue weighted by Crippen LogP contribution is -2.52. The minimum Gasteiger partial charge on any atom is -0.369 e. The Morgan fingerprint density at radius 1 is 0.902 bits per heavy atom. The van der Waals surface area contributed by atoms with E-state index in [1.807, 2.05) is 30.3 Å². The van der Waals surface area contributed by atoms with E-state index in [0.29, 0.717) is 18.5 Å². The maximum Gasteiger partial charge on any atom is 0.404 e. The summed E-state index contributed by atoms with van der Waals surface area (Å²) in [4.78, 5) is 63.4. The van der Waals surface area contributed by atoms with E-state index in [2.05, 4.69) is 26.6 Å². The van der Waals surface area contributed by atoms with Crippen LogP contribution in [0.5, 0.6) is 0 Å². The van der Waals surface area contributed by atoms with Crippen LogP contribution in [0.25, 0.3) is 0 Å². The van der Waals surface area contributed by atoms with Gasteiger partial charge in [-0.15, -0.1) is 0 Å². The van der Waals surface area contributed by atoms with Crippen molar-refractivity contribution in [3.8, 4) is 0 Å². The number of nitrogens with zero attached hydrogens (tertiary/aromatic N) is 1. The van der Waals surface area contributed by atoms with E-state index >= 15 is 0 Å². The third-order valence-corrected chi connectivity index (χ3v) is 8.77. The van der Waals surface area contributed by atoms with Crippen molar-refractivity contribution in [1.29, 1.82) is 0 Å². The summed E-state index contributed by atoms with van der Waals surface area (Å²) in [6, 6.07) is 13.4. The average molecular weight is 719 g/mol. The second-order valence-corrected chi connectivity index (χ2v) is 12.6. The Morgan fingerprint density at radius 3 is 2.24 bits per heavy atom. The van der Waals surface area contributed by atoms with Gasteiger partial charge in [0.05, 0.1) is 12.6 Å². The molecular formula is C35H49F3N8O5. The minimum atomic E-state index is -4.54. The van der Waals surface area contributed by atoms with Crippen LogP contribution in [0.2, 0.25) is 0 Å². The van der Waals surface area contributed by atoms with Crippen LogP contribution in [-0.2, 0) is 36.9 Å². The number of anilines is 1. The predicted molar refractivity (Wildman–Crippen MR) is 186 cm³/mol. The topological polar surface area (TPSA) is 201 Å². The van der Waals surface area contributed by atoms with Crippen LogP contribution >= 0.6 is 0 Å². The van der Waals surface area contributed by atoms with E-state index in [-0.39, 0.29) is 57.8 Å². The molecule has 2 aromatic rings. The second-order valence-electron chi connectivity index (χ2n) is 12.6. The minimum absolute atomic E-state index is 0.0161. The monoisotopic (exact) mass is 718 g/mol. The van der Waals surface area contributed by atoms with Crippen LogP contribution in [0.15, 0.2) is 54.6 Å². The summed E-state index contributed by atoms with van der Waals surface area (Å²) in [5.41, 5.74) is 13.2. The van der Waals surface area contributed by atoms with E-state index in [0.717, 1.165) is 11.1 Å². The molecule has 13 nitrogen and oxygen atoms in total. The number of carbonyl (C=O) groups excluding carboxylic acids is 5. The number of likely N-dealkylation sites (N-methyl/N-ethyl adjacent to an activating group) is 1. The van der Waals surface area contributed by atoms with Gasteiger partial charge in [-0.3, -0.25) is 28.9 Å². The molecule has 1 aliphatic rings. The van der Waals surface area contributed by atoms with Crippen molar-refractivity contribution < 1.29 is 37.1 Å². The molecule has 1 saturated heterocycles. The van der Waals surface area contributed by atoms with Crippen LogP contribution in [0, 0.1) is 5.92 Å². The summed E-state index contributed by atoms with van der Waals surface area (Å²) in [6.45, 7) is 0.151. The first kappa shape index (κ1) is 40.9. The molecule has 9 N–H and O–H groups in total. The number of alkyl halides is 3. The molecule has 0 saturated carbocycles. The molecule has 1 aliphatic heterocycles. The van der Waals surface area contributed by atoms with Crippen LogP contribution in [0.4, 0.5) is 18.9 Å². The van der Waals surface area contributed by atoms with Gasteiger partial charge in [-0.05, 0) is 88.5 Å². The number of primary amides is 1. The first-order chi connectivity index (χ1) is 24.3. The number of nitrogens with one attached hydrogen (secondary N) is 5. The SMILES string of the molecule is CNC(Cc1ccccc1)C(=O)NCc1ccc(NC(=O)C(CCCN)NC(=O)CNC(=O)CCCN2CCC(C(N)=O)CC2C(F)(F)F)cc1. The lowest BCUT2D eigenvalue weighted by atomic mass is 9.89. The molecule has 2 aromatic carbocycles. The van der Waals surface area contributed by atoms with Crippen molar-refractivity contribution in [2.75, 3.05) is 38.5 Å². The summed E-state index contributed by atoms with van der Waals surface area (Å²) >= 11 is 0. The van der Waals surface area contributed by atoms with Gasteiger partial charge >= 0.3 is 6.18 Å². The highest BCUT2D eigenvalue weighted by atomic mass is 19.4. The standard InChI is InChI=1S/C35H49F3N8O5/c1-41-28(19-23-7-3-2-4-8-23)33(50)43-21-24-11-13-26(14-12-24)44-34(51)27(9-5-16-39)45-31(48)22-42-30(47)10-6-17-46-18-15-25(32(40)49)20-29(46)35(36,37)38/h2-4,7-8,11-14,25,27-29,41H,5-6,9-10,15-22,39H2,1H3,(H2,40,49)(H,42,47)(H,43,50)(H,44,51)(H,45,48). The molecule has 16 heteroatoms. The number of hydrogen-bond donors (Lipinski definition) is 7. The number of likely N-dealkylation sites (tertiary alicyclic amines) is 1. The van der Waals surface area contributed by atoms with Crippen LogP contribution in [-0.4, -0.2) is 92.0 Å². The number of halogens is 3. The van der Waals surface area contributed by atoms with Crippen LogP contribution < -0.4 is 38.1 Å². The Hall–Kier alpha value is -4.54. The summed E-state index contributed by atoms with van der Waals surface area (Å²) in [5, 5.41) is 13.8. The molecule has 4 unspecified atom stereocenters. The third-order valence-electron chi connectivity index (χ3n) is 8.77. The van der Waals surface area contributed by atoms with Gasteiger partial charge in [0.25, 0.3) is 0 Å². The van der Waals surface area contributed by atoms with Crippen molar-refractivity contribution >= 4 is 35.2 Å². The fourth-order valence-corrected chi connectivity index (χ4v) is 5.85. The lowest BCUT2D eigenvalue weighted by molar-refractivity contribution is -0.195. The molecule has 0 aliphatic carbocycles. The van der Waals surface area contributed by atoms with Crippen molar-refractivity contribution in [1.82, 2.24) is 26.2 Å². The van der Waals surface area contributed by atoms with Crippen LogP contribution in [0.1, 0.15) is 49.7 Å².